The topological polar surface area (TPSA) is 68.0 Å². The minimum Gasteiger partial charge on any atom is -0.397 e. The fraction of sp³-hybridized carbons (Fsp3) is 0.400. The van der Waals surface area contributed by atoms with Crippen LogP contribution in [0.15, 0.2) is 23.4 Å². The van der Waals surface area contributed by atoms with E-state index in [-0.39, 0.29) is 5.91 Å². The molecular weight excluding hydrogens is 210 g/mol. The van der Waals surface area contributed by atoms with E-state index in [0.717, 1.165) is 5.03 Å². The van der Waals surface area contributed by atoms with E-state index >= 15 is 0 Å². The van der Waals surface area contributed by atoms with Crippen molar-refractivity contribution in [2.45, 2.75) is 18.4 Å². The van der Waals surface area contributed by atoms with Crippen molar-refractivity contribution < 1.29 is 4.79 Å². The van der Waals surface area contributed by atoms with Crippen molar-refractivity contribution in [1.82, 2.24) is 10.3 Å². The van der Waals surface area contributed by atoms with Crippen molar-refractivity contribution >= 4 is 23.4 Å². The van der Waals surface area contributed by atoms with Crippen LogP contribution in [-0.2, 0) is 4.79 Å². The van der Waals surface area contributed by atoms with Gasteiger partial charge in [-0.3, -0.25) is 4.79 Å². The quantitative estimate of drug-likeness (QED) is 0.741. The maximum absolute atomic E-state index is 11.1. The minimum atomic E-state index is 0.0690. The Hall–Kier alpha value is -1.23. The number of nitrogens with two attached hydrogens (primary N) is 1. The summed E-state index contributed by atoms with van der Waals surface area (Å²) < 4.78 is 0. The fourth-order valence-corrected chi connectivity index (χ4v) is 1.90. The van der Waals surface area contributed by atoms with Crippen LogP contribution in [0.5, 0.6) is 0 Å². The van der Waals surface area contributed by atoms with E-state index in [4.69, 9.17) is 5.73 Å². The lowest BCUT2D eigenvalue weighted by Crippen LogP contribution is -2.22. The zero-order valence-electron chi connectivity index (χ0n) is 8.69. The van der Waals surface area contributed by atoms with Crippen molar-refractivity contribution in [3.05, 3.63) is 18.3 Å². The molecule has 1 heterocycles. The zero-order chi connectivity index (χ0) is 11.1. The summed E-state index contributed by atoms with van der Waals surface area (Å²) in [6.45, 7) is 2.58. The molecule has 0 unspecified atom stereocenters. The first kappa shape index (κ1) is 11.8. The van der Waals surface area contributed by atoms with E-state index in [1.165, 1.54) is 11.8 Å². The molecule has 82 valence electrons. The van der Waals surface area contributed by atoms with Crippen LogP contribution < -0.4 is 11.1 Å². The molecule has 15 heavy (non-hydrogen) atoms. The summed E-state index contributed by atoms with van der Waals surface area (Å²) >= 11 is 1.50. The van der Waals surface area contributed by atoms with Crippen LogP contribution in [0.25, 0.3) is 0 Å². The van der Waals surface area contributed by atoms with Crippen molar-refractivity contribution in [2.24, 2.45) is 0 Å². The maximum atomic E-state index is 11.1. The van der Waals surface area contributed by atoms with Crippen LogP contribution in [0.3, 0.4) is 0 Å². The summed E-state index contributed by atoms with van der Waals surface area (Å²) in [5.74, 6) is 0.770. The van der Waals surface area contributed by atoms with Crippen LogP contribution in [0, 0.1) is 0 Å². The fourth-order valence-electron chi connectivity index (χ4n) is 1.05. The SMILES string of the molecule is CCNC(=O)CCSc1ncccc1N. The van der Waals surface area contributed by atoms with Gasteiger partial charge in [0, 0.05) is 24.9 Å². The molecule has 0 spiro atoms. The Bertz CT molecular complexity index is 330. The number of carbonyl (C=O) groups excluding carboxylic acids is 1. The highest BCUT2D eigenvalue weighted by Gasteiger charge is 2.03. The molecule has 0 saturated heterocycles. The second-order valence-electron chi connectivity index (χ2n) is 2.95. The Morgan fingerprint density at radius 2 is 2.47 bits per heavy atom. The van der Waals surface area contributed by atoms with Crippen molar-refractivity contribution in [3.8, 4) is 0 Å². The van der Waals surface area contributed by atoms with Gasteiger partial charge >= 0.3 is 0 Å². The molecule has 1 amide bonds. The second-order valence-corrected chi connectivity index (χ2v) is 4.03. The first-order chi connectivity index (χ1) is 7.24. The molecule has 1 aromatic heterocycles. The molecule has 4 nitrogen and oxygen atoms in total. The van der Waals surface area contributed by atoms with Gasteiger partial charge in [-0.05, 0) is 19.1 Å². The molecule has 0 aliphatic carbocycles. The number of aromatic nitrogens is 1. The van der Waals surface area contributed by atoms with Crippen LogP contribution in [0.2, 0.25) is 0 Å². The molecule has 5 heteroatoms. The highest BCUT2D eigenvalue weighted by atomic mass is 32.2. The van der Waals surface area contributed by atoms with Gasteiger partial charge in [0.2, 0.25) is 5.91 Å². The average Bonchev–Trinajstić information content (AvgIpc) is 2.21. The van der Waals surface area contributed by atoms with Crippen LogP contribution >= 0.6 is 11.8 Å². The Morgan fingerprint density at radius 1 is 1.67 bits per heavy atom. The monoisotopic (exact) mass is 225 g/mol. The highest BCUT2D eigenvalue weighted by Crippen LogP contribution is 2.21. The number of anilines is 1. The van der Waals surface area contributed by atoms with E-state index in [0.29, 0.717) is 24.4 Å². The number of nitrogens with one attached hydrogen (secondary N) is 1. The average molecular weight is 225 g/mol. The van der Waals surface area contributed by atoms with E-state index in [2.05, 4.69) is 10.3 Å². The molecule has 0 atom stereocenters. The number of thioether (sulfide) groups is 1. The van der Waals surface area contributed by atoms with Gasteiger partial charge in [0.1, 0.15) is 5.03 Å². The second kappa shape index (κ2) is 6.29. The lowest BCUT2D eigenvalue weighted by atomic mass is 10.4. The normalized spacial score (nSPS) is 9.93. The number of nitrogen functional groups attached to an aromatic ring is 1. The standard InChI is InChI=1S/C10H15N3OS/c1-2-12-9(14)5-7-15-10-8(11)4-3-6-13-10/h3-4,6H,2,5,7,11H2,1H3,(H,12,14). The number of pyridine rings is 1. The van der Waals surface area contributed by atoms with Crippen molar-refractivity contribution in [2.75, 3.05) is 18.0 Å². The molecule has 0 bridgehead atoms. The third-order valence-corrected chi connectivity index (χ3v) is 2.77. The number of carbonyl (C=O) groups is 1. The van der Waals surface area contributed by atoms with Gasteiger partial charge in [-0.15, -0.1) is 11.8 Å². The van der Waals surface area contributed by atoms with Gasteiger partial charge in [0.05, 0.1) is 5.69 Å². The number of nitrogens with zero attached hydrogens (tertiary/aromatic N) is 1. The molecule has 1 rings (SSSR count). The molecule has 0 saturated carbocycles. The van der Waals surface area contributed by atoms with Crippen LogP contribution in [-0.4, -0.2) is 23.2 Å². The summed E-state index contributed by atoms with van der Waals surface area (Å²) in [6, 6.07) is 3.60. The van der Waals surface area contributed by atoms with E-state index in [1.54, 1.807) is 18.3 Å². The molecule has 0 aromatic carbocycles. The summed E-state index contributed by atoms with van der Waals surface area (Å²) in [7, 11) is 0. The summed E-state index contributed by atoms with van der Waals surface area (Å²) in [5, 5.41) is 3.54. The lowest BCUT2D eigenvalue weighted by molar-refractivity contribution is -0.120. The van der Waals surface area contributed by atoms with Gasteiger partial charge in [-0.2, -0.15) is 0 Å². The Kier molecular flexibility index (Phi) is 4.97. The first-order valence-electron chi connectivity index (χ1n) is 4.84. The molecular formula is C10H15N3OS. The van der Waals surface area contributed by atoms with Crippen molar-refractivity contribution in [1.29, 1.82) is 0 Å². The molecule has 0 radical (unpaired) electrons. The highest BCUT2D eigenvalue weighted by molar-refractivity contribution is 7.99. The Balaban J connectivity index is 2.32. The summed E-state index contributed by atoms with van der Waals surface area (Å²) in [4.78, 5) is 15.3. The van der Waals surface area contributed by atoms with Gasteiger partial charge < -0.3 is 11.1 Å². The van der Waals surface area contributed by atoms with Crippen LogP contribution in [0.1, 0.15) is 13.3 Å². The molecule has 0 fully saturated rings. The van der Waals surface area contributed by atoms with Gasteiger partial charge in [-0.1, -0.05) is 0 Å². The molecule has 0 aliphatic rings. The van der Waals surface area contributed by atoms with E-state index in [1.807, 2.05) is 6.92 Å². The summed E-state index contributed by atoms with van der Waals surface area (Å²) in [5.41, 5.74) is 6.38. The molecule has 1 aromatic rings. The minimum absolute atomic E-state index is 0.0690. The van der Waals surface area contributed by atoms with Crippen molar-refractivity contribution in [3.63, 3.8) is 0 Å². The smallest absolute Gasteiger partial charge is 0.220 e. The van der Waals surface area contributed by atoms with Gasteiger partial charge in [0.15, 0.2) is 0 Å². The third kappa shape index (κ3) is 4.20. The zero-order valence-corrected chi connectivity index (χ0v) is 9.51. The number of hydrogen-bond donors (Lipinski definition) is 2. The number of rotatable bonds is 5. The van der Waals surface area contributed by atoms with E-state index in [9.17, 15) is 4.79 Å². The largest absolute Gasteiger partial charge is 0.397 e. The van der Waals surface area contributed by atoms with Gasteiger partial charge in [-0.25, -0.2) is 4.98 Å². The van der Waals surface area contributed by atoms with Crippen LogP contribution in [0.4, 0.5) is 5.69 Å². The van der Waals surface area contributed by atoms with Gasteiger partial charge in [0.25, 0.3) is 0 Å². The third-order valence-electron chi connectivity index (χ3n) is 1.74. The first-order valence-corrected chi connectivity index (χ1v) is 5.82. The Morgan fingerprint density at radius 3 is 3.13 bits per heavy atom. The lowest BCUT2D eigenvalue weighted by Gasteiger charge is -2.03. The predicted molar refractivity (Wildman–Crippen MR) is 62.7 cm³/mol. The van der Waals surface area contributed by atoms with E-state index < -0.39 is 0 Å². The summed E-state index contributed by atoms with van der Waals surface area (Å²) in [6.07, 6.45) is 2.19. The molecule has 3 N–H and O–H groups in total. The number of amides is 1. The number of hydrogen-bond acceptors (Lipinski definition) is 4. The Labute approximate surface area is 93.7 Å². The predicted octanol–water partition coefficient (Wildman–Crippen LogP) is 1.28. The molecule has 0 aliphatic heterocycles. The maximum Gasteiger partial charge on any atom is 0.220 e.